The first kappa shape index (κ1) is 6.01. The predicted molar refractivity (Wildman–Crippen MR) is 35.8 cm³/mol. The number of aryl methyl sites for hydroxylation is 1. The van der Waals surface area contributed by atoms with Crippen LogP contribution in [0.2, 0.25) is 0 Å². The van der Waals surface area contributed by atoms with Gasteiger partial charge in [0.05, 0.1) is 5.69 Å². The van der Waals surface area contributed by atoms with Crippen LogP contribution in [0.3, 0.4) is 0 Å². The standard InChI is InChI=1S/C6H9N3/c1-5-3-9(4-8-5)6(2)7/h3-4,7H,1-2H3. The molecule has 0 aliphatic heterocycles. The zero-order valence-corrected chi connectivity index (χ0v) is 5.55. The van der Waals surface area contributed by atoms with E-state index >= 15 is 0 Å². The minimum atomic E-state index is 0.496. The fraction of sp³-hybridized carbons (Fsp3) is 0.333. The van der Waals surface area contributed by atoms with E-state index in [9.17, 15) is 0 Å². The Hall–Kier alpha value is -1.12. The lowest BCUT2D eigenvalue weighted by molar-refractivity contribution is 1.10. The van der Waals surface area contributed by atoms with Gasteiger partial charge in [0.15, 0.2) is 0 Å². The lowest BCUT2D eigenvalue weighted by Crippen LogP contribution is -2.00. The molecule has 0 saturated carbocycles. The summed E-state index contributed by atoms with van der Waals surface area (Å²) in [5.41, 5.74) is 0.946. The third kappa shape index (κ3) is 1.16. The van der Waals surface area contributed by atoms with Crippen molar-refractivity contribution in [3.63, 3.8) is 0 Å². The summed E-state index contributed by atoms with van der Waals surface area (Å²) >= 11 is 0. The molecule has 1 aromatic heterocycles. The molecule has 1 aromatic rings. The van der Waals surface area contributed by atoms with E-state index in [-0.39, 0.29) is 0 Å². The summed E-state index contributed by atoms with van der Waals surface area (Å²) in [6.45, 7) is 3.63. The Morgan fingerprint density at radius 3 is 2.67 bits per heavy atom. The van der Waals surface area contributed by atoms with E-state index in [1.807, 2.05) is 13.1 Å². The van der Waals surface area contributed by atoms with E-state index in [4.69, 9.17) is 5.41 Å². The molecule has 0 amide bonds. The van der Waals surface area contributed by atoms with Gasteiger partial charge >= 0.3 is 0 Å². The predicted octanol–water partition coefficient (Wildman–Crippen LogP) is 1.04. The number of imidazole rings is 1. The first-order chi connectivity index (χ1) is 4.20. The monoisotopic (exact) mass is 123 g/mol. The molecule has 0 fully saturated rings. The maximum absolute atomic E-state index is 7.17. The fourth-order valence-corrected chi connectivity index (χ4v) is 0.605. The van der Waals surface area contributed by atoms with Crippen LogP contribution in [0, 0.1) is 12.3 Å². The highest BCUT2D eigenvalue weighted by atomic mass is 15.1. The Bertz CT molecular complexity index is 224. The average molecular weight is 123 g/mol. The molecule has 0 saturated heterocycles. The lowest BCUT2D eigenvalue weighted by atomic mass is 10.5. The Balaban J connectivity index is 2.98. The van der Waals surface area contributed by atoms with Gasteiger partial charge in [0.1, 0.15) is 12.2 Å². The molecule has 1 rings (SSSR count). The van der Waals surface area contributed by atoms with Crippen LogP contribution in [0.4, 0.5) is 0 Å². The van der Waals surface area contributed by atoms with Gasteiger partial charge in [-0.2, -0.15) is 0 Å². The topological polar surface area (TPSA) is 41.7 Å². The third-order valence-corrected chi connectivity index (χ3v) is 1.10. The summed E-state index contributed by atoms with van der Waals surface area (Å²) in [5.74, 6) is 0.496. The van der Waals surface area contributed by atoms with Gasteiger partial charge in [0.2, 0.25) is 0 Å². The molecule has 0 bridgehead atoms. The Kier molecular flexibility index (Phi) is 1.34. The zero-order valence-electron chi connectivity index (χ0n) is 5.55. The van der Waals surface area contributed by atoms with Gasteiger partial charge in [-0.1, -0.05) is 0 Å². The van der Waals surface area contributed by atoms with Gasteiger partial charge in [0, 0.05) is 6.20 Å². The van der Waals surface area contributed by atoms with Gasteiger partial charge in [-0.05, 0) is 13.8 Å². The van der Waals surface area contributed by atoms with Crippen molar-refractivity contribution in [2.75, 3.05) is 0 Å². The third-order valence-electron chi connectivity index (χ3n) is 1.10. The van der Waals surface area contributed by atoms with Crippen LogP contribution < -0.4 is 0 Å². The molecule has 3 nitrogen and oxygen atoms in total. The van der Waals surface area contributed by atoms with Crippen LogP contribution >= 0.6 is 0 Å². The molecule has 0 spiro atoms. The van der Waals surface area contributed by atoms with Crippen molar-refractivity contribution in [1.29, 1.82) is 5.41 Å². The summed E-state index contributed by atoms with van der Waals surface area (Å²) in [5, 5.41) is 7.17. The number of aromatic nitrogens is 2. The van der Waals surface area contributed by atoms with Crippen molar-refractivity contribution in [1.82, 2.24) is 9.55 Å². The molecule has 1 N–H and O–H groups in total. The van der Waals surface area contributed by atoms with Gasteiger partial charge in [0.25, 0.3) is 0 Å². The van der Waals surface area contributed by atoms with Crippen molar-refractivity contribution in [2.24, 2.45) is 0 Å². The first-order valence-corrected chi connectivity index (χ1v) is 2.76. The molecule has 0 radical (unpaired) electrons. The molecule has 0 unspecified atom stereocenters. The van der Waals surface area contributed by atoms with Crippen LogP contribution in [0.25, 0.3) is 0 Å². The van der Waals surface area contributed by atoms with Crippen LogP contribution in [-0.2, 0) is 0 Å². The fourth-order valence-electron chi connectivity index (χ4n) is 0.605. The van der Waals surface area contributed by atoms with E-state index in [1.54, 1.807) is 17.8 Å². The summed E-state index contributed by atoms with van der Waals surface area (Å²) < 4.78 is 1.68. The van der Waals surface area contributed by atoms with Crippen molar-refractivity contribution in [3.8, 4) is 0 Å². The summed E-state index contributed by atoms with van der Waals surface area (Å²) in [7, 11) is 0. The van der Waals surface area contributed by atoms with Gasteiger partial charge < -0.3 is 0 Å². The molecule has 0 aliphatic carbocycles. The molecule has 0 aromatic carbocycles. The second kappa shape index (κ2) is 2.01. The summed E-state index contributed by atoms with van der Waals surface area (Å²) in [6.07, 6.45) is 3.46. The number of hydrogen-bond donors (Lipinski definition) is 1. The molecule has 1 heterocycles. The second-order valence-electron chi connectivity index (χ2n) is 2.01. The Labute approximate surface area is 53.9 Å². The van der Waals surface area contributed by atoms with E-state index < -0.39 is 0 Å². The Morgan fingerprint density at radius 2 is 2.44 bits per heavy atom. The molecule has 3 heteroatoms. The summed E-state index contributed by atoms with van der Waals surface area (Å²) in [6, 6.07) is 0. The van der Waals surface area contributed by atoms with Crippen molar-refractivity contribution in [3.05, 3.63) is 18.2 Å². The van der Waals surface area contributed by atoms with Crippen LogP contribution in [-0.4, -0.2) is 15.4 Å². The maximum Gasteiger partial charge on any atom is 0.102 e. The van der Waals surface area contributed by atoms with Crippen molar-refractivity contribution in [2.45, 2.75) is 13.8 Å². The smallest absolute Gasteiger partial charge is 0.102 e. The second-order valence-corrected chi connectivity index (χ2v) is 2.01. The van der Waals surface area contributed by atoms with Crippen LogP contribution in [0.5, 0.6) is 0 Å². The van der Waals surface area contributed by atoms with Gasteiger partial charge in [-0.15, -0.1) is 0 Å². The quantitative estimate of drug-likeness (QED) is 0.406. The van der Waals surface area contributed by atoms with E-state index in [2.05, 4.69) is 4.98 Å². The largest absolute Gasteiger partial charge is 0.294 e. The molecular formula is C6H9N3. The SMILES string of the molecule is CC(=N)n1cnc(C)c1. The van der Waals surface area contributed by atoms with E-state index in [1.165, 1.54) is 0 Å². The molecule has 48 valence electrons. The highest BCUT2D eigenvalue weighted by Crippen LogP contribution is 1.91. The minimum Gasteiger partial charge on any atom is -0.294 e. The van der Waals surface area contributed by atoms with Crippen molar-refractivity contribution < 1.29 is 0 Å². The first-order valence-electron chi connectivity index (χ1n) is 2.76. The summed E-state index contributed by atoms with van der Waals surface area (Å²) in [4.78, 5) is 3.96. The molecule has 0 atom stereocenters. The van der Waals surface area contributed by atoms with Crippen molar-refractivity contribution >= 4 is 5.84 Å². The Morgan fingerprint density at radius 1 is 1.78 bits per heavy atom. The number of hydrogen-bond acceptors (Lipinski definition) is 2. The highest BCUT2D eigenvalue weighted by molar-refractivity contribution is 5.78. The van der Waals surface area contributed by atoms with Gasteiger partial charge in [-0.25, -0.2) is 4.98 Å². The lowest BCUT2D eigenvalue weighted by Gasteiger charge is -1.92. The van der Waals surface area contributed by atoms with E-state index in [0.717, 1.165) is 5.69 Å². The van der Waals surface area contributed by atoms with Crippen LogP contribution in [0.15, 0.2) is 12.5 Å². The van der Waals surface area contributed by atoms with Crippen LogP contribution in [0.1, 0.15) is 12.6 Å². The van der Waals surface area contributed by atoms with E-state index in [0.29, 0.717) is 5.84 Å². The number of nitrogens with zero attached hydrogens (tertiary/aromatic N) is 2. The normalized spacial score (nSPS) is 9.56. The molecule has 9 heavy (non-hydrogen) atoms. The molecule has 0 aliphatic rings. The average Bonchev–Trinajstić information content (AvgIpc) is 2.14. The number of nitrogens with one attached hydrogen (secondary N) is 1. The number of rotatable bonds is 0. The minimum absolute atomic E-state index is 0.496. The zero-order chi connectivity index (χ0) is 6.85. The van der Waals surface area contributed by atoms with Gasteiger partial charge in [-0.3, -0.25) is 9.98 Å². The molecular weight excluding hydrogens is 114 g/mol. The highest BCUT2D eigenvalue weighted by Gasteiger charge is 1.91. The maximum atomic E-state index is 7.17.